The highest BCUT2D eigenvalue weighted by molar-refractivity contribution is 5.71. The molecule has 1 heterocycles. The largest absolute Gasteiger partial charge is 0.466 e. The van der Waals surface area contributed by atoms with E-state index >= 15 is 0 Å². The van der Waals surface area contributed by atoms with Gasteiger partial charge < -0.3 is 9.64 Å². The van der Waals surface area contributed by atoms with E-state index in [9.17, 15) is 4.79 Å². The zero-order valence-electron chi connectivity index (χ0n) is 14.2. The van der Waals surface area contributed by atoms with Crippen LogP contribution in [0.15, 0.2) is 0 Å². The molecule has 1 saturated carbocycles. The minimum Gasteiger partial charge on any atom is -0.466 e. The fraction of sp³-hybridized carbons (Fsp3) is 0.941. The van der Waals surface area contributed by atoms with E-state index in [4.69, 9.17) is 4.74 Å². The van der Waals surface area contributed by atoms with E-state index in [2.05, 4.69) is 30.7 Å². The van der Waals surface area contributed by atoms with Crippen LogP contribution < -0.4 is 0 Å². The van der Waals surface area contributed by atoms with Gasteiger partial charge in [0, 0.05) is 31.7 Å². The van der Waals surface area contributed by atoms with Gasteiger partial charge in [-0.15, -0.1) is 0 Å². The summed E-state index contributed by atoms with van der Waals surface area (Å²) in [5.41, 5.74) is 0.0190. The molecule has 0 spiro atoms. The van der Waals surface area contributed by atoms with Gasteiger partial charge >= 0.3 is 5.97 Å². The van der Waals surface area contributed by atoms with Crippen molar-refractivity contribution >= 4 is 5.97 Å². The first kappa shape index (κ1) is 16.8. The zero-order valence-corrected chi connectivity index (χ0v) is 14.2. The summed E-state index contributed by atoms with van der Waals surface area (Å²) in [7, 11) is 2.18. The van der Waals surface area contributed by atoms with Gasteiger partial charge in [-0.25, -0.2) is 0 Å². The first-order chi connectivity index (χ1) is 9.98. The highest BCUT2D eigenvalue weighted by Crippen LogP contribution is 2.44. The van der Waals surface area contributed by atoms with Crippen molar-refractivity contribution in [3.8, 4) is 0 Å². The highest BCUT2D eigenvalue weighted by Gasteiger charge is 2.47. The third-order valence-corrected chi connectivity index (χ3v) is 5.60. The van der Waals surface area contributed by atoms with Crippen LogP contribution in [-0.2, 0) is 9.53 Å². The van der Waals surface area contributed by atoms with Crippen molar-refractivity contribution in [1.82, 2.24) is 9.80 Å². The third-order valence-electron chi connectivity index (χ3n) is 5.60. The number of ether oxygens (including phenoxy) is 1. The maximum Gasteiger partial charge on any atom is 0.307 e. The lowest BCUT2D eigenvalue weighted by molar-refractivity contribution is -0.150. The minimum absolute atomic E-state index is 0.0163. The summed E-state index contributed by atoms with van der Waals surface area (Å²) in [6.45, 7) is 11.4. The molecule has 0 aromatic rings. The summed E-state index contributed by atoms with van der Waals surface area (Å²) in [4.78, 5) is 17.2. The van der Waals surface area contributed by atoms with Crippen molar-refractivity contribution in [2.24, 2.45) is 11.8 Å². The molecule has 0 radical (unpaired) electrons. The van der Waals surface area contributed by atoms with Crippen molar-refractivity contribution < 1.29 is 9.53 Å². The Bertz CT molecular complexity index is 353. The Labute approximate surface area is 129 Å². The molecular weight excluding hydrogens is 264 g/mol. The van der Waals surface area contributed by atoms with Gasteiger partial charge in [-0.2, -0.15) is 0 Å². The van der Waals surface area contributed by atoms with E-state index in [0.717, 1.165) is 32.6 Å². The normalized spacial score (nSPS) is 35.6. The second-order valence-corrected chi connectivity index (χ2v) is 7.16. The molecule has 0 amide bonds. The number of hydrogen-bond acceptors (Lipinski definition) is 4. The second kappa shape index (κ2) is 7.10. The Hall–Kier alpha value is -0.610. The monoisotopic (exact) mass is 296 g/mol. The third kappa shape index (κ3) is 3.78. The van der Waals surface area contributed by atoms with Gasteiger partial charge in [0.2, 0.25) is 0 Å². The van der Waals surface area contributed by atoms with Crippen molar-refractivity contribution in [3.63, 3.8) is 0 Å². The molecule has 4 nitrogen and oxygen atoms in total. The molecule has 4 heteroatoms. The van der Waals surface area contributed by atoms with Gasteiger partial charge in [0.25, 0.3) is 0 Å². The Morgan fingerprint density at radius 3 is 2.48 bits per heavy atom. The maximum atomic E-state index is 12.2. The fourth-order valence-electron chi connectivity index (χ4n) is 4.22. The van der Waals surface area contributed by atoms with Crippen LogP contribution in [0, 0.1) is 11.8 Å². The molecule has 3 unspecified atom stereocenters. The molecule has 0 bridgehead atoms. The quantitative estimate of drug-likeness (QED) is 0.746. The van der Waals surface area contributed by atoms with Crippen molar-refractivity contribution in [1.29, 1.82) is 0 Å². The molecule has 1 aliphatic carbocycles. The van der Waals surface area contributed by atoms with Crippen LogP contribution in [0.25, 0.3) is 0 Å². The second-order valence-electron chi connectivity index (χ2n) is 7.16. The van der Waals surface area contributed by atoms with E-state index in [1.165, 1.54) is 12.8 Å². The van der Waals surface area contributed by atoms with Crippen molar-refractivity contribution in [3.05, 3.63) is 0 Å². The predicted molar refractivity (Wildman–Crippen MR) is 85.2 cm³/mol. The molecule has 0 aromatic carbocycles. The molecular formula is C17H32N2O2. The Kier molecular flexibility index (Phi) is 5.67. The van der Waals surface area contributed by atoms with Crippen molar-refractivity contribution in [2.75, 3.05) is 39.8 Å². The average molecular weight is 296 g/mol. The Balaban J connectivity index is 2.18. The first-order valence-electron chi connectivity index (χ1n) is 8.57. The molecule has 2 aliphatic rings. The number of rotatable bonds is 4. The molecule has 0 aromatic heterocycles. The molecule has 3 atom stereocenters. The zero-order chi connectivity index (χ0) is 15.5. The number of esters is 1. The maximum absolute atomic E-state index is 12.2. The summed E-state index contributed by atoms with van der Waals surface area (Å²) in [6, 6.07) is 0. The topological polar surface area (TPSA) is 32.8 Å². The lowest BCUT2D eigenvalue weighted by atomic mass is 9.67. The van der Waals surface area contributed by atoms with Crippen LogP contribution >= 0.6 is 0 Å². The Morgan fingerprint density at radius 2 is 1.86 bits per heavy atom. The van der Waals surface area contributed by atoms with Crippen LogP contribution in [-0.4, -0.2) is 61.1 Å². The SMILES string of the molecule is CCOC(=O)CC1(N2CCN(C)CC2)CC(C)CCC1C. The molecule has 0 N–H and O–H groups in total. The summed E-state index contributed by atoms with van der Waals surface area (Å²) < 4.78 is 5.29. The van der Waals surface area contributed by atoms with Crippen LogP contribution in [0.1, 0.15) is 46.5 Å². The first-order valence-corrected chi connectivity index (χ1v) is 8.57. The summed E-state index contributed by atoms with van der Waals surface area (Å²) in [5.74, 6) is 1.26. The highest BCUT2D eigenvalue weighted by atomic mass is 16.5. The summed E-state index contributed by atoms with van der Waals surface area (Å²) in [5, 5.41) is 0. The molecule has 2 rings (SSSR count). The van der Waals surface area contributed by atoms with E-state index in [1.807, 2.05) is 6.92 Å². The van der Waals surface area contributed by atoms with Crippen LogP contribution in [0.3, 0.4) is 0 Å². The van der Waals surface area contributed by atoms with Crippen molar-refractivity contribution in [2.45, 2.75) is 52.0 Å². The molecule has 122 valence electrons. The standard InChI is InChI=1S/C17H32N2O2/c1-5-21-16(20)13-17(12-14(2)6-7-15(17)3)19-10-8-18(4)9-11-19/h14-15H,5-13H2,1-4H3. The minimum atomic E-state index is -0.0163. The van der Waals surface area contributed by atoms with Gasteiger partial charge in [-0.05, 0) is 38.6 Å². The molecule has 2 fully saturated rings. The number of piperazine rings is 1. The predicted octanol–water partition coefficient (Wildman–Crippen LogP) is 2.38. The smallest absolute Gasteiger partial charge is 0.307 e. The molecule has 1 aliphatic heterocycles. The number of likely N-dealkylation sites (N-methyl/N-ethyl adjacent to an activating group) is 1. The van der Waals surface area contributed by atoms with Crippen LogP contribution in [0.5, 0.6) is 0 Å². The lowest BCUT2D eigenvalue weighted by Crippen LogP contribution is -2.62. The van der Waals surface area contributed by atoms with Crippen LogP contribution in [0.2, 0.25) is 0 Å². The van der Waals surface area contributed by atoms with E-state index < -0.39 is 0 Å². The van der Waals surface area contributed by atoms with Gasteiger partial charge in [-0.1, -0.05) is 20.3 Å². The van der Waals surface area contributed by atoms with Crippen LogP contribution in [0.4, 0.5) is 0 Å². The number of hydrogen-bond donors (Lipinski definition) is 0. The van der Waals surface area contributed by atoms with E-state index in [1.54, 1.807) is 0 Å². The number of carbonyl (C=O) groups excluding carboxylic acids is 1. The molecule has 21 heavy (non-hydrogen) atoms. The Morgan fingerprint density at radius 1 is 1.19 bits per heavy atom. The number of carbonyl (C=O) groups is 1. The average Bonchev–Trinajstić information content (AvgIpc) is 2.44. The lowest BCUT2D eigenvalue weighted by Gasteiger charge is -2.53. The summed E-state index contributed by atoms with van der Waals surface area (Å²) >= 11 is 0. The fourth-order valence-corrected chi connectivity index (χ4v) is 4.22. The number of nitrogens with zero attached hydrogens (tertiary/aromatic N) is 2. The van der Waals surface area contributed by atoms with Gasteiger partial charge in [0.1, 0.15) is 0 Å². The van der Waals surface area contributed by atoms with Gasteiger partial charge in [-0.3, -0.25) is 9.69 Å². The molecule has 1 saturated heterocycles. The van der Waals surface area contributed by atoms with Gasteiger partial charge in [0.05, 0.1) is 13.0 Å². The van der Waals surface area contributed by atoms with Gasteiger partial charge in [0.15, 0.2) is 0 Å². The van der Waals surface area contributed by atoms with E-state index in [0.29, 0.717) is 24.9 Å². The summed E-state index contributed by atoms with van der Waals surface area (Å²) in [6.07, 6.45) is 4.22. The van der Waals surface area contributed by atoms with E-state index in [-0.39, 0.29) is 11.5 Å².